The van der Waals surface area contributed by atoms with Crippen molar-refractivity contribution in [2.45, 2.75) is 6.10 Å². The maximum absolute atomic E-state index is 10.4. The Kier molecular flexibility index (Phi) is 1.36. The van der Waals surface area contributed by atoms with E-state index < -0.39 is 11.9 Å². The summed E-state index contributed by atoms with van der Waals surface area (Å²) >= 11 is 0. The summed E-state index contributed by atoms with van der Waals surface area (Å²) in [5, 5.41) is 17.4. The second kappa shape index (κ2) is 2.03. The highest BCUT2D eigenvalue weighted by Gasteiger charge is 2.12. The normalized spacial score (nSPS) is 26.1. The average Bonchev–Trinajstić information content (AvgIpc) is 1.80. The molecule has 0 aliphatic heterocycles. The van der Waals surface area contributed by atoms with Crippen LogP contribution in [0.4, 0.5) is 0 Å². The van der Waals surface area contributed by atoms with Gasteiger partial charge in [0.1, 0.15) is 11.9 Å². The van der Waals surface area contributed by atoms with Gasteiger partial charge in [0.2, 0.25) is 0 Å². The van der Waals surface area contributed by atoms with Crippen molar-refractivity contribution in [1.82, 2.24) is 0 Å². The van der Waals surface area contributed by atoms with Gasteiger partial charge in [-0.3, -0.25) is 4.79 Å². The number of aliphatic hydroxyl groups is 2. The number of rotatable bonds is 0. The van der Waals surface area contributed by atoms with Crippen molar-refractivity contribution in [3.63, 3.8) is 0 Å². The van der Waals surface area contributed by atoms with Gasteiger partial charge in [0, 0.05) is 0 Å². The summed E-state index contributed by atoms with van der Waals surface area (Å²) in [5.41, 5.74) is 0. The van der Waals surface area contributed by atoms with E-state index in [1.165, 1.54) is 6.08 Å². The first-order chi connectivity index (χ1) is 4.20. The van der Waals surface area contributed by atoms with Gasteiger partial charge in [-0.25, -0.2) is 0 Å². The molecule has 0 aromatic heterocycles. The first kappa shape index (κ1) is 6.04. The van der Waals surface area contributed by atoms with Gasteiger partial charge in [0.15, 0.2) is 5.78 Å². The van der Waals surface area contributed by atoms with E-state index in [1.807, 2.05) is 0 Å². The van der Waals surface area contributed by atoms with Crippen LogP contribution in [0, 0.1) is 0 Å². The Hall–Kier alpha value is -1.09. The van der Waals surface area contributed by atoms with Gasteiger partial charge in [0.25, 0.3) is 0 Å². The fourth-order valence-corrected chi connectivity index (χ4v) is 0.566. The molecule has 9 heavy (non-hydrogen) atoms. The lowest BCUT2D eigenvalue weighted by Gasteiger charge is -2.04. The standard InChI is InChI=1S/C6H6O3/c7-4-1-2-5(8)6(9)3-4/h1-3,6-7,9H. The molecule has 0 bridgehead atoms. The molecule has 2 N–H and O–H groups in total. The quantitative estimate of drug-likeness (QED) is 0.477. The van der Waals surface area contributed by atoms with Crippen LogP contribution in [0.1, 0.15) is 0 Å². The number of carbonyl (C=O) groups excluding carboxylic acids is 1. The number of aliphatic hydroxyl groups excluding tert-OH is 2. The second-order valence-corrected chi connectivity index (χ2v) is 1.77. The molecule has 0 saturated heterocycles. The van der Waals surface area contributed by atoms with Crippen LogP contribution in [0.2, 0.25) is 0 Å². The predicted octanol–water partition coefficient (Wildman–Crippen LogP) is -0.0719. The average molecular weight is 126 g/mol. The minimum Gasteiger partial charge on any atom is -0.508 e. The van der Waals surface area contributed by atoms with Crippen molar-refractivity contribution in [1.29, 1.82) is 0 Å². The first-order valence-electron chi connectivity index (χ1n) is 2.51. The number of carbonyl (C=O) groups is 1. The smallest absolute Gasteiger partial charge is 0.188 e. The predicted molar refractivity (Wildman–Crippen MR) is 30.9 cm³/mol. The molecular weight excluding hydrogens is 120 g/mol. The second-order valence-electron chi connectivity index (χ2n) is 1.77. The Balaban J connectivity index is 2.82. The summed E-state index contributed by atoms with van der Waals surface area (Å²) in [5.74, 6) is -0.463. The molecule has 48 valence electrons. The molecule has 3 heteroatoms. The van der Waals surface area contributed by atoms with Crippen molar-refractivity contribution in [2.75, 3.05) is 0 Å². The lowest BCUT2D eigenvalue weighted by Crippen LogP contribution is -2.18. The highest BCUT2D eigenvalue weighted by Crippen LogP contribution is 2.03. The minimum absolute atomic E-state index is 0.0675. The van der Waals surface area contributed by atoms with Gasteiger partial charge in [-0.2, -0.15) is 0 Å². The fourth-order valence-electron chi connectivity index (χ4n) is 0.566. The Morgan fingerprint density at radius 3 is 2.56 bits per heavy atom. The Labute approximate surface area is 51.9 Å². The highest BCUT2D eigenvalue weighted by atomic mass is 16.3. The monoisotopic (exact) mass is 126 g/mol. The van der Waals surface area contributed by atoms with Crippen molar-refractivity contribution < 1.29 is 15.0 Å². The summed E-state index contributed by atoms with van der Waals surface area (Å²) in [6.45, 7) is 0. The van der Waals surface area contributed by atoms with E-state index in [2.05, 4.69) is 0 Å². The molecule has 0 aromatic carbocycles. The Bertz CT molecular complexity index is 190. The van der Waals surface area contributed by atoms with Crippen LogP contribution in [0.3, 0.4) is 0 Å². The van der Waals surface area contributed by atoms with Crippen LogP contribution < -0.4 is 0 Å². The molecule has 3 nitrogen and oxygen atoms in total. The van der Waals surface area contributed by atoms with E-state index in [1.54, 1.807) is 0 Å². The SMILES string of the molecule is O=C1C=CC(O)=CC1O. The van der Waals surface area contributed by atoms with Gasteiger partial charge in [-0.1, -0.05) is 0 Å². The van der Waals surface area contributed by atoms with Crippen LogP contribution in [0.25, 0.3) is 0 Å². The zero-order chi connectivity index (χ0) is 6.85. The van der Waals surface area contributed by atoms with Gasteiger partial charge in [-0.15, -0.1) is 0 Å². The molecule has 0 aromatic rings. The van der Waals surface area contributed by atoms with E-state index in [-0.39, 0.29) is 5.76 Å². The topological polar surface area (TPSA) is 57.5 Å². The maximum Gasteiger partial charge on any atom is 0.188 e. The molecule has 0 spiro atoms. The lowest BCUT2D eigenvalue weighted by atomic mass is 10.1. The highest BCUT2D eigenvalue weighted by molar-refractivity contribution is 5.96. The molecule has 1 atom stereocenters. The molecule has 0 saturated carbocycles. The number of hydrogen-bond donors (Lipinski definition) is 2. The fraction of sp³-hybridized carbons (Fsp3) is 0.167. The summed E-state index contributed by atoms with van der Waals surface area (Å²) in [7, 11) is 0. The lowest BCUT2D eigenvalue weighted by molar-refractivity contribution is -0.120. The third-order valence-corrected chi connectivity index (χ3v) is 1.04. The van der Waals surface area contributed by atoms with Crippen LogP contribution >= 0.6 is 0 Å². The van der Waals surface area contributed by atoms with E-state index in [9.17, 15) is 4.79 Å². The molecule has 1 aliphatic carbocycles. The van der Waals surface area contributed by atoms with Gasteiger partial charge >= 0.3 is 0 Å². The number of ketones is 1. The molecule has 0 amide bonds. The third-order valence-electron chi connectivity index (χ3n) is 1.04. The minimum atomic E-state index is -1.16. The zero-order valence-corrected chi connectivity index (χ0v) is 4.61. The van der Waals surface area contributed by atoms with Gasteiger partial charge < -0.3 is 10.2 Å². The van der Waals surface area contributed by atoms with Crippen molar-refractivity contribution >= 4 is 5.78 Å². The molecule has 0 radical (unpaired) electrons. The Morgan fingerprint density at radius 1 is 1.44 bits per heavy atom. The molecular formula is C6H6O3. The van der Waals surface area contributed by atoms with Gasteiger partial charge in [0.05, 0.1) is 0 Å². The van der Waals surface area contributed by atoms with Crippen molar-refractivity contribution in [3.05, 3.63) is 24.0 Å². The largest absolute Gasteiger partial charge is 0.508 e. The van der Waals surface area contributed by atoms with E-state index in [4.69, 9.17) is 10.2 Å². The number of hydrogen-bond acceptors (Lipinski definition) is 3. The summed E-state index contributed by atoms with van der Waals surface area (Å²) < 4.78 is 0. The van der Waals surface area contributed by atoms with E-state index in [0.29, 0.717) is 0 Å². The molecule has 0 heterocycles. The van der Waals surface area contributed by atoms with Crippen LogP contribution in [-0.2, 0) is 4.79 Å². The van der Waals surface area contributed by atoms with Crippen LogP contribution in [0.15, 0.2) is 24.0 Å². The first-order valence-corrected chi connectivity index (χ1v) is 2.51. The van der Waals surface area contributed by atoms with Crippen LogP contribution in [-0.4, -0.2) is 22.1 Å². The maximum atomic E-state index is 10.4. The van der Waals surface area contributed by atoms with Crippen molar-refractivity contribution in [2.24, 2.45) is 0 Å². The summed E-state index contributed by atoms with van der Waals surface area (Å²) in [6.07, 6.45) is 2.31. The van der Waals surface area contributed by atoms with Gasteiger partial charge in [-0.05, 0) is 18.2 Å². The summed E-state index contributed by atoms with van der Waals surface area (Å²) in [6, 6.07) is 0. The molecule has 0 fully saturated rings. The summed E-state index contributed by atoms with van der Waals surface area (Å²) in [4.78, 5) is 10.4. The molecule has 1 rings (SSSR count). The zero-order valence-electron chi connectivity index (χ0n) is 4.61. The third kappa shape index (κ3) is 1.17. The van der Waals surface area contributed by atoms with Crippen molar-refractivity contribution in [3.8, 4) is 0 Å². The Morgan fingerprint density at radius 2 is 2.11 bits per heavy atom. The molecule has 1 unspecified atom stereocenters. The number of allylic oxidation sites excluding steroid dienone is 1. The van der Waals surface area contributed by atoms with E-state index in [0.717, 1.165) is 12.2 Å². The van der Waals surface area contributed by atoms with Crippen LogP contribution in [0.5, 0.6) is 0 Å². The molecule has 1 aliphatic rings. The van der Waals surface area contributed by atoms with E-state index >= 15 is 0 Å².